The molecule has 7 heteroatoms. The number of para-hydroxylation sites is 1. The molecule has 1 atom stereocenters. The number of ether oxygens (including phenoxy) is 1. The lowest BCUT2D eigenvalue weighted by atomic mass is 10.0. The van der Waals surface area contributed by atoms with Crippen molar-refractivity contribution in [2.45, 2.75) is 25.9 Å². The number of aromatic nitrogens is 3. The van der Waals surface area contributed by atoms with Crippen molar-refractivity contribution >= 4 is 6.03 Å². The molecule has 0 bridgehead atoms. The molecule has 140 valence electrons. The highest BCUT2D eigenvalue weighted by molar-refractivity contribution is 5.74. The maximum absolute atomic E-state index is 12.4. The van der Waals surface area contributed by atoms with E-state index in [1.165, 1.54) is 0 Å². The molecule has 2 N–H and O–H groups in total. The molecule has 0 radical (unpaired) electrons. The molecule has 0 aliphatic heterocycles. The van der Waals surface area contributed by atoms with Gasteiger partial charge in [0, 0.05) is 30.7 Å². The minimum Gasteiger partial charge on any atom is -0.496 e. The Morgan fingerprint density at radius 1 is 1.22 bits per heavy atom. The second kappa shape index (κ2) is 8.84. The number of rotatable bonds is 7. The summed E-state index contributed by atoms with van der Waals surface area (Å²) in [5.74, 6) is 1.47. The SMILES string of the molecule is CC[C@@H](NC(=O)NCc1ccnc(-n2cccn2)c1)c1ccccc1OC. The average molecular weight is 365 g/mol. The predicted octanol–water partition coefficient (Wildman–Crippen LogP) is 3.23. The van der Waals surface area contributed by atoms with Crippen LogP contribution in [0.1, 0.15) is 30.5 Å². The van der Waals surface area contributed by atoms with Gasteiger partial charge in [0.25, 0.3) is 0 Å². The lowest BCUT2D eigenvalue weighted by molar-refractivity contribution is 0.236. The van der Waals surface area contributed by atoms with Crippen molar-refractivity contribution < 1.29 is 9.53 Å². The quantitative estimate of drug-likeness (QED) is 0.674. The highest BCUT2D eigenvalue weighted by Gasteiger charge is 2.16. The minimum absolute atomic E-state index is 0.127. The fourth-order valence-electron chi connectivity index (χ4n) is 2.85. The number of carbonyl (C=O) groups is 1. The molecule has 0 saturated carbocycles. The van der Waals surface area contributed by atoms with Gasteiger partial charge in [-0.1, -0.05) is 25.1 Å². The molecule has 3 rings (SSSR count). The zero-order valence-corrected chi connectivity index (χ0v) is 15.4. The van der Waals surface area contributed by atoms with Gasteiger partial charge in [-0.05, 0) is 36.2 Å². The van der Waals surface area contributed by atoms with Crippen LogP contribution in [0.25, 0.3) is 5.82 Å². The number of methoxy groups -OCH3 is 1. The Kier molecular flexibility index (Phi) is 6.04. The number of urea groups is 1. The summed E-state index contributed by atoms with van der Waals surface area (Å²) in [5.41, 5.74) is 1.90. The van der Waals surface area contributed by atoms with E-state index >= 15 is 0 Å². The standard InChI is InChI=1S/C20H23N5O2/c1-3-17(16-7-4-5-8-18(16)27-2)24-20(26)22-14-15-9-11-21-19(13-15)25-12-6-10-23-25/h4-13,17H,3,14H2,1-2H3,(H2,22,24,26)/t17-/m1/s1. The zero-order valence-electron chi connectivity index (χ0n) is 15.4. The third-order valence-corrected chi connectivity index (χ3v) is 4.23. The number of pyridine rings is 1. The first-order valence-electron chi connectivity index (χ1n) is 8.83. The van der Waals surface area contributed by atoms with Crippen molar-refractivity contribution in [3.05, 3.63) is 72.2 Å². The predicted molar refractivity (Wildman–Crippen MR) is 103 cm³/mol. The van der Waals surface area contributed by atoms with Crippen LogP contribution in [0.2, 0.25) is 0 Å². The van der Waals surface area contributed by atoms with Crippen molar-refractivity contribution in [3.63, 3.8) is 0 Å². The van der Waals surface area contributed by atoms with Crippen LogP contribution < -0.4 is 15.4 Å². The van der Waals surface area contributed by atoms with Crippen LogP contribution in [0.3, 0.4) is 0 Å². The van der Waals surface area contributed by atoms with Crippen molar-refractivity contribution in [2.75, 3.05) is 7.11 Å². The molecule has 2 amide bonds. The Hall–Kier alpha value is -3.35. The van der Waals surface area contributed by atoms with Crippen molar-refractivity contribution in [1.29, 1.82) is 0 Å². The third-order valence-electron chi connectivity index (χ3n) is 4.23. The van der Waals surface area contributed by atoms with Gasteiger partial charge in [0.1, 0.15) is 5.75 Å². The van der Waals surface area contributed by atoms with Gasteiger partial charge in [-0.15, -0.1) is 0 Å². The molecular formula is C20H23N5O2. The molecule has 0 fully saturated rings. The molecule has 2 aromatic heterocycles. The van der Waals surface area contributed by atoms with Crippen LogP contribution in [0.15, 0.2) is 61.1 Å². The Balaban J connectivity index is 1.61. The van der Waals surface area contributed by atoms with E-state index in [0.717, 1.165) is 23.3 Å². The highest BCUT2D eigenvalue weighted by Crippen LogP contribution is 2.26. The molecule has 3 aromatic rings. The average Bonchev–Trinajstić information content (AvgIpc) is 3.25. The molecule has 2 heterocycles. The zero-order chi connectivity index (χ0) is 19.1. The fourth-order valence-corrected chi connectivity index (χ4v) is 2.85. The summed E-state index contributed by atoms with van der Waals surface area (Å²) in [7, 11) is 1.63. The summed E-state index contributed by atoms with van der Waals surface area (Å²) in [4.78, 5) is 16.7. The molecular weight excluding hydrogens is 342 g/mol. The largest absolute Gasteiger partial charge is 0.496 e. The van der Waals surface area contributed by atoms with E-state index in [0.29, 0.717) is 12.4 Å². The summed E-state index contributed by atoms with van der Waals surface area (Å²) in [6.07, 6.45) is 5.98. The van der Waals surface area contributed by atoms with Crippen LogP contribution in [0, 0.1) is 0 Å². The van der Waals surface area contributed by atoms with Crippen LogP contribution in [-0.2, 0) is 6.54 Å². The topological polar surface area (TPSA) is 81.1 Å². The molecule has 0 spiro atoms. The van der Waals surface area contributed by atoms with E-state index in [9.17, 15) is 4.79 Å². The lowest BCUT2D eigenvalue weighted by Crippen LogP contribution is -2.37. The summed E-state index contributed by atoms with van der Waals surface area (Å²) < 4.78 is 7.08. The van der Waals surface area contributed by atoms with Crippen LogP contribution in [0.5, 0.6) is 5.75 Å². The minimum atomic E-state index is -0.231. The monoisotopic (exact) mass is 365 g/mol. The Bertz CT molecular complexity index is 880. The smallest absolute Gasteiger partial charge is 0.315 e. The van der Waals surface area contributed by atoms with Gasteiger partial charge in [0.15, 0.2) is 5.82 Å². The first-order chi connectivity index (χ1) is 13.2. The van der Waals surface area contributed by atoms with Gasteiger partial charge in [-0.25, -0.2) is 14.5 Å². The number of nitrogens with zero attached hydrogens (tertiary/aromatic N) is 3. The van der Waals surface area contributed by atoms with Gasteiger partial charge in [-0.3, -0.25) is 0 Å². The maximum atomic E-state index is 12.4. The van der Waals surface area contributed by atoms with Gasteiger partial charge in [-0.2, -0.15) is 5.10 Å². The van der Waals surface area contributed by atoms with E-state index in [-0.39, 0.29) is 12.1 Å². The van der Waals surface area contributed by atoms with E-state index in [1.54, 1.807) is 24.2 Å². The molecule has 7 nitrogen and oxygen atoms in total. The number of carbonyl (C=O) groups excluding carboxylic acids is 1. The van der Waals surface area contributed by atoms with Crippen LogP contribution >= 0.6 is 0 Å². The summed E-state index contributed by atoms with van der Waals surface area (Å²) in [6, 6.07) is 12.9. The first-order valence-corrected chi connectivity index (χ1v) is 8.83. The summed E-state index contributed by atoms with van der Waals surface area (Å²) >= 11 is 0. The lowest BCUT2D eigenvalue weighted by Gasteiger charge is -2.20. The second-order valence-corrected chi connectivity index (χ2v) is 6.00. The van der Waals surface area contributed by atoms with Gasteiger partial charge >= 0.3 is 6.03 Å². The van der Waals surface area contributed by atoms with Crippen LogP contribution in [-0.4, -0.2) is 27.9 Å². The van der Waals surface area contributed by atoms with Gasteiger partial charge < -0.3 is 15.4 Å². The second-order valence-electron chi connectivity index (χ2n) is 6.00. The Morgan fingerprint density at radius 3 is 2.81 bits per heavy atom. The molecule has 27 heavy (non-hydrogen) atoms. The van der Waals surface area contributed by atoms with Crippen LogP contribution in [0.4, 0.5) is 4.79 Å². The number of hydrogen-bond donors (Lipinski definition) is 2. The first kappa shape index (κ1) is 18.4. The Morgan fingerprint density at radius 2 is 2.07 bits per heavy atom. The van der Waals surface area contributed by atoms with Crippen molar-refractivity contribution in [3.8, 4) is 11.6 Å². The Labute approximate surface area is 158 Å². The van der Waals surface area contributed by atoms with Crippen molar-refractivity contribution in [1.82, 2.24) is 25.4 Å². The highest BCUT2D eigenvalue weighted by atomic mass is 16.5. The number of benzene rings is 1. The van der Waals surface area contributed by atoms with E-state index in [1.807, 2.05) is 55.6 Å². The van der Waals surface area contributed by atoms with Gasteiger partial charge in [0.2, 0.25) is 0 Å². The summed E-state index contributed by atoms with van der Waals surface area (Å²) in [6.45, 7) is 2.42. The van der Waals surface area contributed by atoms with E-state index in [2.05, 4.69) is 20.7 Å². The maximum Gasteiger partial charge on any atom is 0.315 e. The third kappa shape index (κ3) is 4.63. The molecule has 0 unspecified atom stereocenters. The number of nitrogens with one attached hydrogen (secondary N) is 2. The van der Waals surface area contributed by atoms with Gasteiger partial charge in [0.05, 0.1) is 13.2 Å². The van der Waals surface area contributed by atoms with E-state index in [4.69, 9.17) is 4.74 Å². The van der Waals surface area contributed by atoms with E-state index < -0.39 is 0 Å². The molecule has 0 aliphatic rings. The summed E-state index contributed by atoms with van der Waals surface area (Å²) in [5, 5.41) is 10.1. The number of amides is 2. The molecule has 0 saturated heterocycles. The molecule has 0 aliphatic carbocycles. The molecule has 1 aromatic carbocycles. The normalized spacial score (nSPS) is 11.6. The fraction of sp³-hybridized carbons (Fsp3) is 0.250. The van der Waals surface area contributed by atoms with Crippen molar-refractivity contribution in [2.24, 2.45) is 0 Å². The number of hydrogen-bond acceptors (Lipinski definition) is 4.